The van der Waals surface area contributed by atoms with E-state index in [-0.39, 0.29) is 6.23 Å². The van der Waals surface area contributed by atoms with Crippen LogP contribution >= 0.6 is 0 Å². The highest BCUT2D eigenvalue weighted by Gasteiger charge is 2.36. The molecule has 1 fully saturated rings. The van der Waals surface area contributed by atoms with E-state index in [1.54, 1.807) is 0 Å². The van der Waals surface area contributed by atoms with Gasteiger partial charge >= 0.3 is 0 Å². The van der Waals surface area contributed by atoms with Crippen molar-refractivity contribution in [1.29, 1.82) is 0 Å². The van der Waals surface area contributed by atoms with E-state index in [1.807, 2.05) is 7.05 Å². The van der Waals surface area contributed by atoms with Crippen molar-refractivity contribution in [3.05, 3.63) is 6.33 Å². The van der Waals surface area contributed by atoms with Crippen molar-refractivity contribution < 1.29 is 4.74 Å². The number of fused-ring (bicyclic) bond motifs is 1. The number of rotatable bonds is 2. The van der Waals surface area contributed by atoms with Gasteiger partial charge in [0.15, 0.2) is 11.6 Å². The third-order valence-corrected chi connectivity index (χ3v) is 3.74. The van der Waals surface area contributed by atoms with E-state index < -0.39 is 0 Å². The second-order valence-electron chi connectivity index (χ2n) is 4.94. The van der Waals surface area contributed by atoms with Gasteiger partial charge in [0, 0.05) is 7.05 Å². The van der Waals surface area contributed by atoms with Crippen LogP contribution in [0.3, 0.4) is 0 Å². The van der Waals surface area contributed by atoms with E-state index in [1.165, 1.54) is 6.33 Å². The van der Waals surface area contributed by atoms with Crippen LogP contribution in [0.25, 0.3) is 0 Å². The molecule has 0 bridgehead atoms. The minimum absolute atomic E-state index is 0.118. The minimum Gasteiger partial charge on any atom is -0.382 e. The zero-order valence-corrected chi connectivity index (χ0v) is 10.8. The first-order valence-electron chi connectivity index (χ1n) is 6.44. The summed E-state index contributed by atoms with van der Waals surface area (Å²) < 4.78 is 6.04. The number of ether oxygens (including phenoxy) is 1. The topological polar surface area (TPSA) is 67.5 Å². The predicted molar refractivity (Wildman–Crippen MR) is 70.4 cm³/mol. The van der Waals surface area contributed by atoms with Gasteiger partial charge in [0.1, 0.15) is 18.2 Å². The van der Waals surface area contributed by atoms with Crippen molar-refractivity contribution in [1.82, 2.24) is 9.97 Å². The number of aromatic nitrogens is 2. The molecule has 0 spiro atoms. The lowest BCUT2D eigenvalue weighted by Crippen LogP contribution is -2.37. The SMILES string of the molecule is CCC1CCC(N2CN(C)c3c(N)ncnc32)O1. The first-order valence-corrected chi connectivity index (χ1v) is 6.44. The molecule has 2 N–H and O–H groups in total. The van der Waals surface area contributed by atoms with E-state index in [2.05, 4.69) is 26.7 Å². The third kappa shape index (κ3) is 1.68. The van der Waals surface area contributed by atoms with Crippen molar-refractivity contribution in [3.8, 4) is 0 Å². The van der Waals surface area contributed by atoms with Crippen LogP contribution in [-0.4, -0.2) is 36.0 Å². The summed E-state index contributed by atoms with van der Waals surface area (Å²) in [6.07, 6.45) is 5.26. The maximum absolute atomic E-state index is 6.04. The van der Waals surface area contributed by atoms with Gasteiger partial charge in [-0.15, -0.1) is 0 Å². The smallest absolute Gasteiger partial charge is 0.161 e. The Morgan fingerprint density at radius 2 is 2.28 bits per heavy atom. The zero-order chi connectivity index (χ0) is 12.7. The summed E-state index contributed by atoms with van der Waals surface area (Å²) in [5.41, 5.74) is 6.83. The summed E-state index contributed by atoms with van der Waals surface area (Å²) in [5, 5.41) is 0. The number of nitrogens with zero attached hydrogens (tertiary/aromatic N) is 4. The molecule has 2 atom stereocenters. The Kier molecular flexibility index (Phi) is 2.74. The van der Waals surface area contributed by atoms with Crippen molar-refractivity contribution in [2.75, 3.05) is 29.2 Å². The fraction of sp³-hybridized carbons (Fsp3) is 0.667. The molecule has 6 nitrogen and oxygen atoms in total. The Labute approximate surface area is 107 Å². The molecule has 0 amide bonds. The minimum atomic E-state index is 0.118. The second kappa shape index (κ2) is 4.28. The van der Waals surface area contributed by atoms with Gasteiger partial charge in [-0.05, 0) is 19.3 Å². The molecule has 6 heteroatoms. The fourth-order valence-corrected chi connectivity index (χ4v) is 2.77. The number of hydrogen-bond donors (Lipinski definition) is 1. The van der Waals surface area contributed by atoms with Crippen LogP contribution < -0.4 is 15.5 Å². The summed E-state index contributed by atoms with van der Waals surface area (Å²) in [6, 6.07) is 0. The molecule has 2 aliphatic heterocycles. The van der Waals surface area contributed by atoms with Gasteiger partial charge in [0.25, 0.3) is 0 Å². The fourth-order valence-electron chi connectivity index (χ4n) is 2.77. The number of hydrogen-bond acceptors (Lipinski definition) is 6. The normalized spacial score (nSPS) is 26.8. The summed E-state index contributed by atoms with van der Waals surface area (Å²) >= 11 is 0. The first-order chi connectivity index (χ1) is 8.70. The Hall–Kier alpha value is -1.56. The van der Waals surface area contributed by atoms with Gasteiger partial charge in [-0.25, -0.2) is 9.97 Å². The van der Waals surface area contributed by atoms with Gasteiger partial charge in [-0.1, -0.05) is 6.92 Å². The lowest BCUT2D eigenvalue weighted by Gasteiger charge is -2.25. The highest BCUT2D eigenvalue weighted by molar-refractivity contribution is 5.81. The molecule has 0 aromatic carbocycles. The van der Waals surface area contributed by atoms with E-state index in [0.29, 0.717) is 11.9 Å². The molecule has 2 unspecified atom stereocenters. The van der Waals surface area contributed by atoms with Crippen LogP contribution in [0, 0.1) is 0 Å². The summed E-state index contributed by atoms with van der Waals surface area (Å²) in [7, 11) is 2.00. The average molecular weight is 249 g/mol. The molecule has 98 valence electrons. The maximum atomic E-state index is 6.04. The average Bonchev–Trinajstić information content (AvgIpc) is 2.94. The molecule has 2 aliphatic rings. The molecular formula is C12H19N5O. The monoisotopic (exact) mass is 249 g/mol. The maximum Gasteiger partial charge on any atom is 0.161 e. The first kappa shape index (κ1) is 11.5. The Morgan fingerprint density at radius 1 is 1.44 bits per heavy atom. The Balaban J connectivity index is 1.87. The van der Waals surface area contributed by atoms with Crippen LogP contribution in [0.5, 0.6) is 0 Å². The zero-order valence-electron chi connectivity index (χ0n) is 10.8. The summed E-state index contributed by atoms with van der Waals surface area (Å²) in [5.74, 6) is 1.43. The van der Waals surface area contributed by atoms with Crippen molar-refractivity contribution in [2.45, 2.75) is 38.5 Å². The Morgan fingerprint density at radius 3 is 3.00 bits per heavy atom. The van der Waals surface area contributed by atoms with Crippen LogP contribution in [0.15, 0.2) is 6.33 Å². The highest BCUT2D eigenvalue weighted by atomic mass is 16.5. The van der Waals surface area contributed by atoms with Crippen LogP contribution in [0.1, 0.15) is 26.2 Å². The van der Waals surface area contributed by atoms with Crippen LogP contribution in [0.4, 0.5) is 17.3 Å². The van der Waals surface area contributed by atoms with Gasteiger partial charge < -0.3 is 20.3 Å². The molecule has 3 heterocycles. The van der Waals surface area contributed by atoms with Gasteiger partial charge in [-0.3, -0.25) is 0 Å². The molecule has 1 aromatic rings. The van der Waals surface area contributed by atoms with Gasteiger partial charge in [0.2, 0.25) is 0 Å². The van der Waals surface area contributed by atoms with Crippen molar-refractivity contribution in [3.63, 3.8) is 0 Å². The molecule has 18 heavy (non-hydrogen) atoms. The lowest BCUT2D eigenvalue weighted by atomic mass is 10.2. The van der Waals surface area contributed by atoms with Crippen LogP contribution in [-0.2, 0) is 4.74 Å². The van der Waals surface area contributed by atoms with Crippen LogP contribution in [0.2, 0.25) is 0 Å². The molecular weight excluding hydrogens is 230 g/mol. The highest BCUT2D eigenvalue weighted by Crippen LogP contribution is 2.40. The molecule has 1 saturated heterocycles. The predicted octanol–water partition coefficient (Wildman–Crippen LogP) is 1.19. The second-order valence-corrected chi connectivity index (χ2v) is 4.94. The van der Waals surface area contributed by atoms with E-state index in [0.717, 1.165) is 37.4 Å². The molecule has 1 aromatic heterocycles. The largest absolute Gasteiger partial charge is 0.382 e. The van der Waals surface area contributed by atoms with E-state index in [4.69, 9.17) is 10.5 Å². The van der Waals surface area contributed by atoms with E-state index >= 15 is 0 Å². The summed E-state index contributed by atoms with van der Waals surface area (Å²) in [4.78, 5) is 12.7. The number of anilines is 3. The van der Waals surface area contributed by atoms with Crippen molar-refractivity contribution in [2.24, 2.45) is 0 Å². The lowest BCUT2D eigenvalue weighted by molar-refractivity contribution is 0.0421. The van der Waals surface area contributed by atoms with Gasteiger partial charge in [-0.2, -0.15) is 0 Å². The standard InChI is InChI=1S/C12H19N5O/c1-3-8-4-5-9(18-8)17-7-16(2)10-11(13)14-6-15-12(10)17/h6,8-9H,3-5,7H2,1-2H3,(H2,13,14,15). The molecule has 3 rings (SSSR count). The van der Waals surface area contributed by atoms with E-state index in [9.17, 15) is 0 Å². The molecule has 0 aliphatic carbocycles. The molecule has 0 radical (unpaired) electrons. The van der Waals surface area contributed by atoms with Gasteiger partial charge in [0.05, 0.1) is 12.8 Å². The molecule has 0 saturated carbocycles. The van der Waals surface area contributed by atoms with Crippen molar-refractivity contribution >= 4 is 17.3 Å². The number of nitrogen functional groups attached to an aromatic ring is 1. The quantitative estimate of drug-likeness (QED) is 0.849. The summed E-state index contributed by atoms with van der Waals surface area (Å²) in [6.45, 7) is 2.93. The third-order valence-electron chi connectivity index (χ3n) is 3.74. The Bertz CT molecular complexity index is 452. The number of nitrogens with two attached hydrogens (primary N) is 1.